The quantitative estimate of drug-likeness (QED) is 0.701. The van der Waals surface area contributed by atoms with Crippen LogP contribution >= 0.6 is 0 Å². The van der Waals surface area contributed by atoms with Crippen LogP contribution in [0.15, 0.2) is 54.6 Å². The number of hydrogen-bond donors (Lipinski definition) is 1. The van der Waals surface area contributed by atoms with Crippen LogP contribution in [0.25, 0.3) is 10.9 Å². The van der Waals surface area contributed by atoms with E-state index < -0.39 is 0 Å². The number of hydrogen-bond acceptors (Lipinski definition) is 4. The molecule has 1 N–H and O–H groups in total. The monoisotopic (exact) mass is 336 g/mol. The summed E-state index contributed by atoms with van der Waals surface area (Å²) in [5, 5.41) is 3.75. The molecule has 0 bridgehead atoms. The molecular weight excluding hydrogens is 316 g/mol. The average molecular weight is 336 g/mol. The van der Waals surface area contributed by atoms with Gasteiger partial charge in [-0.15, -0.1) is 0 Å². The number of fused-ring (bicyclic) bond motifs is 1. The van der Waals surface area contributed by atoms with Crippen LogP contribution < -0.4 is 14.8 Å². The third-order valence-electron chi connectivity index (χ3n) is 3.81. The predicted octanol–water partition coefficient (Wildman–Crippen LogP) is 3.36. The van der Waals surface area contributed by atoms with Crippen molar-refractivity contribution in [1.82, 2.24) is 10.3 Å². The number of pyridine rings is 1. The van der Waals surface area contributed by atoms with E-state index in [0.717, 1.165) is 22.4 Å². The molecule has 5 nitrogen and oxygen atoms in total. The van der Waals surface area contributed by atoms with Gasteiger partial charge in [-0.3, -0.25) is 4.79 Å². The van der Waals surface area contributed by atoms with Crippen molar-refractivity contribution in [3.8, 4) is 11.5 Å². The number of carbonyl (C=O) groups is 1. The minimum absolute atomic E-state index is 0.217. The third-order valence-corrected chi connectivity index (χ3v) is 3.81. The Labute approximate surface area is 146 Å². The van der Waals surface area contributed by atoms with E-state index in [4.69, 9.17) is 9.47 Å². The first-order valence-corrected chi connectivity index (χ1v) is 8.08. The summed E-state index contributed by atoms with van der Waals surface area (Å²) in [7, 11) is 1.62. The third kappa shape index (κ3) is 4.26. The van der Waals surface area contributed by atoms with Gasteiger partial charge >= 0.3 is 0 Å². The van der Waals surface area contributed by atoms with Crippen molar-refractivity contribution >= 4 is 16.8 Å². The highest BCUT2D eigenvalue weighted by molar-refractivity contribution is 5.95. The molecule has 0 aliphatic carbocycles. The molecule has 0 spiro atoms. The van der Waals surface area contributed by atoms with Gasteiger partial charge in [0.15, 0.2) is 0 Å². The zero-order chi connectivity index (χ0) is 17.6. The molecule has 3 rings (SSSR count). The summed E-state index contributed by atoms with van der Waals surface area (Å²) in [6.07, 6.45) is 0. The summed E-state index contributed by atoms with van der Waals surface area (Å²) in [5.41, 5.74) is 2.32. The second-order valence-corrected chi connectivity index (χ2v) is 5.67. The number of aromatic nitrogens is 1. The summed E-state index contributed by atoms with van der Waals surface area (Å²) >= 11 is 0. The van der Waals surface area contributed by atoms with Crippen LogP contribution in [0.4, 0.5) is 0 Å². The molecule has 0 aliphatic heterocycles. The standard InChI is InChI=1S/C20H20N2O3/c1-14-3-6-16(7-4-14)25-12-11-21-20(23)19-9-5-15-13-17(24-2)8-10-18(15)22-19/h3-10,13H,11-12H2,1-2H3,(H,21,23). The minimum atomic E-state index is -0.217. The highest BCUT2D eigenvalue weighted by atomic mass is 16.5. The van der Waals surface area contributed by atoms with Crippen LogP contribution in [0.1, 0.15) is 16.1 Å². The van der Waals surface area contributed by atoms with Gasteiger partial charge in [-0.05, 0) is 43.3 Å². The fourth-order valence-corrected chi connectivity index (χ4v) is 2.42. The molecule has 0 saturated carbocycles. The summed E-state index contributed by atoms with van der Waals surface area (Å²) in [4.78, 5) is 16.6. The Morgan fingerprint density at radius 1 is 1.04 bits per heavy atom. The smallest absolute Gasteiger partial charge is 0.270 e. The lowest BCUT2D eigenvalue weighted by Crippen LogP contribution is -2.28. The van der Waals surface area contributed by atoms with Gasteiger partial charge in [0.2, 0.25) is 0 Å². The van der Waals surface area contributed by atoms with Gasteiger partial charge < -0.3 is 14.8 Å². The molecule has 25 heavy (non-hydrogen) atoms. The first-order valence-electron chi connectivity index (χ1n) is 8.08. The Kier molecular flexibility index (Phi) is 5.14. The Hall–Kier alpha value is -3.08. The summed E-state index contributed by atoms with van der Waals surface area (Å²) in [6, 6.07) is 16.9. The van der Waals surface area contributed by atoms with Crippen molar-refractivity contribution in [3.63, 3.8) is 0 Å². The zero-order valence-electron chi connectivity index (χ0n) is 14.3. The number of aryl methyl sites for hydroxylation is 1. The molecular formula is C20H20N2O3. The molecule has 0 radical (unpaired) electrons. The van der Waals surface area contributed by atoms with Crippen LogP contribution in [-0.2, 0) is 0 Å². The number of methoxy groups -OCH3 is 1. The summed E-state index contributed by atoms with van der Waals surface area (Å²) in [5.74, 6) is 1.34. The van der Waals surface area contributed by atoms with E-state index in [-0.39, 0.29) is 5.91 Å². The lowest BCUT2D eigenvalue weighted by atomic mass is 10.2. The lowest BCUT2D eigenvalue weighted by molar-refractivity contribution is 0.0942. The van der Waals surface area contributed by atoms with Gasteiger partial charge in [-0.25, -0.2) is 4.98 Å². The minimum Gasteiger partial charge on any atom is -0.497 e. The van der Waals surface area contributed by atoms with E-state index in [0.29, 0.717) is 18.8 Å². The van der Waals surface area contributed by atoms with Crippen molar-refractivity contribution in [2.75, 3.05) is 20.3 Å². The molecule has 0 saturated heterocycles. The largest absolute Gasteiger partial charge is 0.497 e. The van der Waals surface area contributed by atoms with E-state index in [1.165, 1.54) is 5.56 Å². The van der Waals surface area contributed by atoms with E-state index in [9.17, 15) is 4.79 Å². The van der Waals surface area contributed by atoms with Crippen LogP contribution in [0.3, 0.4) is 0 Å². The molecule has 0 atom stereocenters. The fourth-order valence-electron chi connectivity index (χ4n) is 2.42. The molecule has 3 aromatic rings. The molecule has 2 aromatic carbocycles. The van der Waals surface area contributed by atoms with Crippen molar-refractivity contribution in [2.24, 2.45) is 0 Å². The topological polar surface area (TPSA) is 60.5 Å². The fraction of sp³-hybridized carbons (Fsp3) is 0.200. The van der Waals surface area contributed by atoms with Gasteiger partial charge in [0.1, 0.15) is 23.8 Å². The number of nitrogens with zero attached hydrogens (tertiary/aromatic N) is 1. The van der Waals surface area contributed by atoms with Gasteiger partial charge in [0.25, 0.3) is 5.91 Å². The maximum absolute atomic E-state index is 12.2. The lowest BCUT2D eigenvalue weighted by Gasteiger charge is -2.08. The number of amides is 1. The number of rotatable bonds is 6. The Morgan fingerprint density at radius 2 is 1.80 bits per heavy atom. The van der Waals surface area contributed by atoms with Gasteiger partial charge in [-0.1, -0.05) is 23.8 Å². The first kappa shape index (κ1) is 16.8. The maximum atomic E-state index is 12.2. The van der Waals surface area contributed by atoms with E-state index in [2.05, 4.69) is 10.3 Å². The Morgan fingerprint density at radius 3 is 2.56 bits per heavy atom. The van der Waals surface area contributed by atoms with Gasteiger partial charge in [0, 0.05) is 5.39 Å². The number of ether oxygens (including phenoxy) is 2. The van der Waals surface area contributed by atoms with Crippen molar-refractivity contribution in [2.45, 2.75) is 6.92 Å². The molecule has 1 aromatic heterocycles. The van der Waals surface area contributed by atoms with Crippen LogP contribution in [0.5, 0.6) is 11.5 Å². The number of benzene rings is 2. The number of carbonyl (C=O) groups excluding carboxylic acids is 1. The van der Waals surface area contributed by atoms with E-state index in [1.54, 1.807) is 13.2 Å². The van der Waals surface area contributed by atoms with Crippen molar-refractivity contribution in [3.05, 3.63) is 65.9 Å². The SMILES string of the molecule is COc1ccc2nc(C(=O)NCCOc3ccc(C)cc3)ccc2c1. The van der Waals surface area contributed by atoms with Crippen molar-refractivity contribution in [1.29, 1.82) is 0 Å². The summed E-state index contributed by atoms with van der Waals surface area (Å²) < 4.78 is 10.8. The Balaban J connectivity index is 1.55. The molecule has 1 amide bonds. The molecule has 128 valence electrons. The maximum Gasteiger partial charge on any atom is 0.270 e. The number of nitrogens with one attached hydrogen (secondary N) is 1. The van der Waals surface area contributed by atoms with Crippen molar-refractivity contribution < 1.29 is 14.3 Å². The Bertz CT molecular complexity index is 876. The average Bonchev–Trinajstić information content (AvgIpc) is 2.65. The first-order chi connectivity index (χ1) is 12.2. The second-order valence-electron chi connectivity index (χ2n) is 5.67. The van der Waals surface area contributed by atoms with Gasteiger partial charge in [0.05, 0.1) is 19.2 Å². The summed E-state index contributed by atoms with van der Waals surface area (Å²) in [6.45, 7) is 2.84. The molecule has 0 unspecified atom stereocenters. The predicted molar refractivity (Wildman–Crippen MR) is 97.3 cm³/mol. The molecule has 0 aliphatic rings. The van der Waals surface area contributed by atoms with Gasteiger partial charge in [-0.2, -0.15) is 0 Å². The van der Waals surface area contributed by atoms with Crippen LogP contribution in [0, 0.1) is 6.92 Å². The second kappa shape index (κ2) is 7.66. The van der Waals surface area contributed by atoms with Crippen LogP contribution in [-0.4, -0.2) is 31.2 Å². The highest BCUT2D eigenvalue weighted by Gasteiger charge is 2.08. The van der Waals surface area contributed by atoms with Crippen LogP contribution in [0.2, 0.25) is 0 Å². The molecule has 0 fully saturated rings. The molecule has 5 heteroatoms. The normalized spacial score (nSPS) is 10.5. The molecule has 1 heterocycles. The van der Waals surface area contributed by atoms with E-state index in [1.807, 2.05) is 55.5 Å². The van der Waals surface area contributed by atoms with E-state index >= 15 is 0 Å². The highest BCUT2D eigenvalue weighted by Crippen LogP contribution is 2.19. The zero-order valence-corrected chi connectivity index (χ0v) is 14.3.